The first-order chi connectivity index (χ1) is 10.2. The van der Waals surface area contributed by atoms with Crippen LogP contribution in [0.25, 0.3) is 0 Å². The number of nitrogens with one attached hydrogen (secondary N) is 2. The highest BCUT2D eigenvalue weighted by Gasteiger charge is 2.67. The van der Waals surface area contributed by atoms with Crippen LogP contribution in [0.15, 0.2) is 18.2 Å². The van der Waals surface area contributed by atoms with Gasteiger partial charge in [-0.3, -0.25) is 9.59 Å². The van der Waals surface area contributed by atoms with Gasteiger partial charge in [-0.2, -0.15) is 0 Å². The fraction of sp³-hybridized carbons (Fsp3) is 0.467. The molecule has 1 saturated carbocycles. The van der Waals surface area contributed by atoms with Crippen LogP contribution >= 0.6 is 23.2 Å². The molecule has 0 heterocycles. The maximum atomic E-state index is 12.0. The molecule has 1 aliphatic rings. The third-order valence-electron chi connectivity index (χ3n) is 3.80. The fourth-order valence-electron chi connectivity index (χ4n) is 2.12. The van der Waals surface area contributed by atoms with E-state index in [1.54, 1.807) is 19.1 Å². The van der Waals surface area contributed by atoms with Crippen LogP contribution in [0.3, 0.4) is 0 Å². The Balaban J connectivity index is 1.92. The summed E-state index contributed by atoms with van der Waals surface area (Å²) >= 11 is 11.9. The van der Waals surface area contributed by atoms with Crippen LogP contribution < -0.4 is 15.4 Å². The van der Waals surface area contributed by atoms with Gasteiger partial charge in [-0.15, -0.1) is 23.2 Å². The standard InChI is InChI=1S/C15H18Cl2N2O3/c1-9-4-5-11(22-3)10(6-9)19-12(20)7-18-13(21)14(2)8-15(14,16)17/h4-6H,7-8H2,1-3H3,(H,18,21)(H,19,20). The van der Waals surface area contributed by atoms with E-state index in [1.165, 1.54) is 7.11 Å². The third kappa shape index (κ3) is 3.31. The summed E-state index contributed by atoms with van der Waals surface area (Å²) in [5, 5.41) is 5.26. The average Bonchev–Trinajstić information content (AvgIpc) is 2.96. The number of aryl methyl sites for hydroxylation is 1. The molecule has 22 heavy (non-hydrogen) atoms. The van der Waals surface area contributed by atoms with Crippen molar-refractivity contribution in [2.45, 2.75) is 24.6 Å². The Morgan fingerprint density at radius 1 is 1.36 bits per heavy atom. The molecular weight excluding hydrogens is 327 g/mol. The Bertz CT molecular complexity index is 619. The first kappa shape index (κ1) is 16.9. The maximum absolute atomic E-state index is 12.0. The normalized spacial score (nSPS) is 21.9. The first-order valence-corrected chi connectivity index (χ1v) is 7.56. The highest BCUT2D eigenvalue weighted by atomic mass is 35.5. The van der Waals surface area contributed by atoms with Gasteiger partial charge in [0.25, 0.3) is 0 Å². The summed E-state index contributed by atoms with van der Waals surface area (Å²) in [6.07, 6.45) is 0.377. The molecule has 1 aliphatic carbocycles. The third-order valence-corrected chi connectivity index (χ3v) is 4.90. The second-order valence-electron chi connectivity index (χ2n) is 5.65. The molecule has 2 amide bonds. The van der Waals surface area contributed by atoms with Crippen LogP contribution in [-0.4, -0.2) is 29.8 Å². The zero-order valence-electron chi connectivity index (χ0n) is 12.6. The summed E-state index contributed by atoms with van der Waals surface area (Å²) in [7, 11) is 1.52. The van der Waals surface area contributed by atoms with Crippen molar-refractivity contribution < 1.29 is 14.3 Å². The Kier molecular flexibility index (Phi) is 4.59. The van der Waals surface area contributed by atoms with Gasteiger partial charge < -0.3 is 15.4 Å². The fourth-order valence-corrected chi connectivity index (χ4v) is 2.82. The summed E-state index contributed by atoms with van der Waals surface area (Å²) in [6.45, 7) is 3.42. The first-order valence-electron chi connectivity index (χ1n) is 6.80. The van der Waals surface area contributed by atoms with Gasteiger partial charge in [0.05, 0.1) is 24.8 Å². The molecule has 0 bridgehead atoms. The lowest BCUT2D eigenvalue weighted by molar-refractivity contribution is -0.127. The number of halogens is 2. The van der Waals surface area contributed by atoms with Gasteiger partial charge in [0.2, 0.25) is 11.8 Å². The second-order valence-corrected chi connectivity index (χ2v) is 7.13. The largest absolute Gasteiger partial charge is 0.495 e. The van der Waals surface area contributed by atoms with Gasteiger partial charge in [0, 0.05) is 0 Å². The minimum Gasteiger partial charge on any atom is -0.495 e. The lowest BCUT2D eigenvalue weighted by Crippen LogP contribution is -2.38. The van der Waals surface area contributed by atoms with Crippen LogP contribution in [0.1, 0.15) is 18.9 Å². The Morgan fingerprint density at radius 3 is 2.55 bits per heavy atom. The number of carbonyl (C=O) groups excluding carboxylic acids is 2. The van der Waals surface area contributed by atoms with E-state index in [0.29, 0.717) is 17.9 Å². The molecule has 7 heteroatoms. The van der Waals surface area contributed by atoms with Crippen LogP contribution in [0.2, 0.25) is 0 Å². The van der Waals surface area contributed by atoms with E-state index in [0.717, 1.165) is 5.56 Å². The number of methoxy groups -OCH3 is 1. The van der Waals surface area contributed by atoms with Gasteiger partial charge in [-0.1, -0.05) is 6.07 Å². The monoisotopic (exact) mass is 344 g/mol. The van der Waals surface area contributed by atoms with E-state index in [2.05, 4.69) is 10.6 Å². The van der Waals surface area contributed by atoms with Gasteiger partial charge >= 0.3 is 0 Å². The van der Waals surface area contributed by atoms with Crippen LogP contribution in [-0.2, 0) is 9.59 Å². The average molecular weight is 345 g/mol. The molecule has 2 rings (SSSR count). The number of carbonyl (C=O) groups is 2. The van der Waals surface area contributed by atoms with Crippen molar-refractivity contribution in [1.82, 2.24) is 5.32 Å². The Hall–Kier alpha value is -1.46. The zero-order valence-corrected chi connectivity index (χ0v) is 14.1. The highest BCUT2D eigenvalue weighted by molar-refractivity contribution is 6.53. The highest BCUT2D eigenvalue weighted by Crippen LogP contribution is 2.63. The molecular formula is C15H18Cl2N2O3. The molecule has 1 unspecified atom stereocenters. The minimum absolute atomic E-state index is 0.157. The van der Waals surface area contributed by atoms with Gasteiger partial charge in [0.1, 0.15) is 10.1 Å². The van der Waals surface area contributed by atoms with E-state index in [-0.39, 0.29) is 18.4 Å². The van der Waals surface area contributed by atoms with E-state index in [1.807, 2.05) is 13.0 Å². The van der Waals surface area contributed by atoms with Crippen molar-refractivity contribution in [2.75, 3.05) is 19.0 Å². The summed E-state index contributed by atoms with van der Waals surface area (Å²) < 4.78 is 4.13. The lowest BCUT2D eigenvalue weighted by Gasteiger charge is -2.14. The molecule has 0 aliphatic heterocycles. The van der Waals surface area contributed by atoms with Crippen molar-refractivity contribution in [3.8, 4) is 5.75 Å². The predicted molar refractivity (Wildman–Crippen MR) is 86.5 cm³/mol. The van der Waals surface area contributed by atoms with E-state index >= 15 is 0 Å². The molecule has 0 radical (unpaired) electrons. The molecule has 0 aromatic heterocycles. The van der Waals surface area contributed by atoms with E-state index in [4.69, 9.17) is 27.9 Å². The number of hydrogen-bond donors (Lipinski definition) is 2. The summed E-state index contributed by atoms with van der Waals surface area (Å²) in [5.74, 6) is -0.125. The van der Waals surface area contributed by atoms with Crippen molar-refractivity contribution in [3.63, 3.8) is 0 Å². The number of hydrogen-bond acceptors (Lipinski definition) is 3. The topological polar surface area (TPSA) is 67.4 Å². The number of alkyl halides is 2. The van der Waals surface area contributed by atoms with Crippen LogP contribution in [0, 0.1) is 12.3 Å². The Labute approximate surface area is 139 Å². The molecule has 1 atom stereocenters. The Morgan fingerprint density at radius 2 is 2.00 bits per heavy atom. The molecule has 1 fully saturated rings. The molecule has 0 saturated heterocycles. The molecule has 120 valence electrons. The molecule has 0 spiro atoms. The van der Waals surface area contributed by atoms with Crippen molar-refractivity contribution in [2.24, 2.45) is 5.41 Å². The van der Waals surface area contributed by atoms with E-state index in [9.17, 15) is 9.59 Å². The van der Waals surface area contributed by atoms with Gasteiger partial charge in [-0.05, 0) is 38.0 Å². The number of amides is 2. The van der Waals surface area contributed by atoms with Gasteiger partial charge in [0.15, 0.2) is 0 Å². The SMILES string of the molecule is COc1ccc(C)cc1NC(=O)CNC(=O)C1(C)CC1(Cl)Cl. The van der Waals surface area contributed by atoms with Gasteiger partial charge in [-0.25, -0.2) is 0 Å². The number of ether oxygens (including phenoxy) is 1. The summed E-state index contributed by atoms with van der Waals surface area (Å²) in [6, 6.07) is 5.44. The second kappa shape index (κ2) is 5.97. The predicted octanol–water partition coefficient (Wildman–Crippen LogP) is 2.64. The quantitative estimate of drug-likeness (QED) is 0.807. The molecule has 2 N–H and O–H groups in total. The van der Waals surface area contributed by atoms with Crippen LogP contribution in [0.4, 0.5) is 5.69 Å². The maximum Gasteiger partial charge on any atom is 0.243 e. The summed E-state index contributed by atoms with van der Waals surface area (Å²) in [4.78, 5) is 23.9. The van der Waals surface area contributed by atoms with Crippen LogP contribution in [0.5, 0.6) is 5.75 Å². The number of benzene rings is 1. The van der Waals surface area contributed by atoms with Crippen molar-refractivity contribution >= 4 is 40.7 Å². The molecule has 1 aromatic rings. The number of anilines is 1. The zero-order chi connectivity index (χ0) is 16.5. The van der Waals surface area contributed by atoms with Crippen molar-refractivity contribution in [1.29, 1.82) is 0 Å². The van der Waals surface area contributed by atoms with Crippen molar-refractivity contribution in [3.05, 3.63) is 23.8 Å². The number of rotatable bonds is 5. The molecule has 5 nitrogen and oxygen atoms in total. The lowest BCUT2D eigenvalue weighted by atomic mass is 10.1. The summed E-state index contributed by atoms with van der Waals surface area (Å²) in [5.41, 5.74) is 0.709. The van der Waals surface area contributed by atoms with E-state index < -0.39 is 9.75 Å². The minimum atomic E-state index is -1.05. The smallest absolute Gasteiger partial charge is 0.243 e. The molecule has 1 aromatic carbocycles.